The SMILES string of the molecule is Cn1ncc(N)c1NC(=O)C1C(C)(C)C1(C)C. The number of anilines is 2. The molecule has 1 aliphatic carbocycles. The zero-order chi connectivity index (χ0) is 13.0. The van der Waals surface area contributed by atoms with E-state index >= 15 is 0 Å². The summed E-state index contributed by atoms with van der Waals surface area (Å²) in [6.07, 6.45) is 1.54. The molecule has 1 heterocycles. The van der Waals surface area contributed by atoms with Crippen LogP contribution in [0.1, 0.15) is 27.7 Å². The standard InChI is InChI=1S/C12H20N4O/c1-11(2)8(12(11,3)4)10(17)15-9-7(13)6-14-16(9)5/h6,8H,13H2,1-5H3,(H,15,17). The van der Waals surface area contributed by atoms with Gasteiger partial charge in [-0.3, -0.25) is 9.48 Å². The fourth-order valence-corrected chi connectivity index (χ4v) is 2.65. The average molecular weight is 236 g/mol. The summed E-state index contributed by atoms with van der Waals surface area (Å²) in [5, 5.41) is 6.87. The lowest BCUT2D eigenvalue weighted by Crippen LogP contribution is -2.20. The van der Waals surface area contributed by atoms with Gasteiger partial charge in [0, 0.05) is 13.0 Å². The van der Waals surface area contributed by atoms with Crippen molar-refractivity contribution >= 4 is 17.4 Å². The van der Waals surface area contributed by atoms with Gasteiger partial charge in [-0.1, -0.05) is 27.7 Å². The van der Waals surface area contributed by atoms with Gasteiger partial charge < -0.3 is 11.1 Å². The van der Waals surface area contributed by atoms with E-state index in [9.17, 15) is 4.79 Å². The van der Waals surface area contributed by atoms with Crippen molar-refractivity contribution in [1.82, 2.24) is 9.78 Å². The molecular weight excluding hydrogens is 216 g/mol. The van der Waals surface area contributed by atoms with Crippen molar-refractivity contribution in [3.8, 4) is 0 Å². The number of amides is 1. The molecule has 0 saturated heterocycles. The summed E-state index contributed by atoms with van der Waals surface area (Å²) < 4.78 is 1.58. The van der Waals surface area contributed by atoms with Gasteiger partial charge in [0.2, 0.25) is 5.91 Å². The van der Waals surface area contributed by atoms with E-state index in [1.165, 1.54) is 0 Å². The molecule has 0 radical (unpaired) electrons. The third kappa shape index (κ3) is 1.52. The second-order valence-electron chi connectivity index (χ2n) is 5.94. The molecule has 1 saturated carbocycles. The van der Waals surface area contributed by atoms with E-state index in [0.29, 0.717) is 11.5 Å². The molecule has 0 aliphatic heterocycles. The van der Waals surface area contributed by atoms with Crippen LogP contribution in [0.15, 0.2) is 6.20 Å². The van der Waals surface area contributed by atoms with Gasteiger partial charge >= 0.3 is 0 Å². The molecule has 1 aliphatic rings. The van der Waals surface area contributed by atoms with Crippen molar-refractivity contribution in [1.29, 1.82) is 0 Å². The highest BCUT2D eigenvalue weighted by molar-refractivity contribution is 5.97. The first-order valence-electron chi connectivity index (χ1n) is 5.78. The Balaban J connectivity index is 2.15. The van der Waals surface area contributed by atoms with E-state index in [0.717, 1.165) is 0 Å². The summed E-state index contributed by atoms with van der Waals surface area (Å²) in [6.45, 7) is 8.46. The predicted octanol–water partition coefficient (Wildman–Crippen LogP) is 1.62. The number of aromatic nitrogens is 2. The molecule has 2 rings (SSSR count). The van der Waals surface area contributed by atoms with E-state index < -0.39 is 0 Å². The van der Waals surface area contributed by atoms with Crippen molar-refractivity contribution in [3.05, 3.63) is 6.20 Å². The van der Waals surface area contributed by atoms with E-state index in [4.69, 9.17) is 5.73 Å². The van der Waals surface area contributed by atoms with Crippen LogP contribution in [0, 0.1) is 16.7 Å². The number of nitrogens with zero attached hydrogens (tertiary/aromatic N) is 2. The molecule has 94 valence electrons. The first-order chi connectivity index (χ1) is 7.69. The monoisotopic (exact) mass is 236 g/mol. The van der Waals surface area contributed by atoms with E-state index in [1.54, 1.807) is 17.9 Å². The fraction of sp³-hybridized carbons (Fsp3) is 0.667. The number of nitrogen functional groups attached to an aromatic ring is 1. The van der Waals surface area contributed by atoms with Gasteiger partial charge in [0.1, 0.15) is 0 Å². The van der Waals surface area contributed by atoms with Gasteiger partial charge in [0.25, 0.3) is 0 Å². The number of carbonyl (C=O) groups excluding carboxylic acids is 1. The molecule has 5 heteroatoms. The number of rotatable bonds is 2. The highest BCUT2D eigenvalue weighted by Crippen LogP contribution is 2.68. The summed E-state index contributed by atoms with van der Waals surface area (Å²) in [6, 6.07) is 0. The highest BCUT2D eigenvalue weighted by Gasteiger charge is 2.68. The number of carbonyl (C=O) groups is 1. The van der Waals surface area contributed by atoms with Gasteiger partial charge in [0.05, 0.1) is 11.9 Å². The molecule has 5 nitrogen and oxygen atoms in total. The molecule has 17 heavy (non-hydrogen) atoms. The highest BCUT2D eigenvalue weighted by atomic mass is 16.2. The van der Waals surface area contributed by atoms with Gasteiger partial charge in [-0.25, -0.2) is 0 Å². The van der Waals surface area contributed by atoms with Gasteiger partial charge in [0.15, 0.2) is 5.82 Å². The topological polar surface area (TPSA) is 72.9 Å². The maximum absolute atomic E-state index is 12.2. The summed E-state index contributed by atoms with van der Waals surface area (Å²) in [7, 11) is 1.76. The Morgan fingerprint density at radius 3 is 2.29 bits per heavy atom. The minimum absolute atomic E-state index is 0.0179. The van der Waals surface area contributed by atoms with Crippen molar-refractivity contribution in [2.75, 3.05) is 11.1 Å². The predicted molar refractivity (Wildman–Crippen MR) is 67.3 cm³/mol. The van der Waals surface area contributed by atoms with Crippen LogP contribution in [0.2, 0.25) is 0 Å². The molecule has 3 N–H and O–H groups in total. The molecule has 0 unspecified atom stereocenters. The van der Waals surface area contributed by atoms with Crippen molar-refractivity contribution in [2.24, 2.45) is 23.8 Å². The first-order valence-corrected chi connectivity index (χ1v) is 5.78. The Labute approximate surface area is 101 Å². The lowest BCUT2D eigenvalue weighted by atomic mass is 10.0. The molecule has 1 aromatic heterocycles. The summed E-state index contributed by atoms with van der Waals surface area (Å²) in [4.78, 5) is 12.2. The molecule has 0 aromatic carbocycles. The van der Waals surface area contributed by atoms with Crippen molar-refractivity contribution in [2.45, 2.75) is 27.7 Å². The van der Waals surface area contributed by atoms with Crippen LogP contribution in [-0.4, -0.2) is 15.7 Å². The largest absolute Gasteiger partial charge is 0.394 e. The second kappa shape index (κ2) is 3.24. The summed E-state index contributed by atoms with van der Waals surface area (Å²) >= 11 is 0. The molecule has 0 atom stereocenters. The Bertz CT molecular complexity index is 439. The van der Waals surface area contributed by atoms with Crippen LogP contribution in [0.3, 0.4) is 0 Å². The van der Waals surface area contributed by atoms with Gasteiger partial charge in [-0.15, -0.1) is 0 Å². The lowest BCUT2D eigenvalue weighted by Gasteiger charge is -2.07. The number of nitrogens with two attached hydrogens (primary N) is 1. The number of nitrogens with one attached hydrogen (secondary N) is 1. The Hall–Kier alpha value is -1.52. The minimum atomic E-state index is 0.0179. The van der Waals surface area contributed by atoms with Crippen LogP contribution in [0.25, 0.3) is 0 Å². The van der Waals surface area contributed by atoms with Crippen LogP contribution in [-0.2, 0) is 11.8 Å². The van der Waals surface area contributed by atoms with E-state index in [-0.39, 0.29) is 22.7 Å². The molecule has 1 aromatic rings. The number of hydrogen-bond acceptors (Lipinski definition) is 3. The smallest absolute Gasteiger partial charge is 0.229 e. The van der Waals surface area contributed by atoms with Crippen LogP contribution < -0.4 is 11.1 Å². The molecular formula is C12H20N4O. The first kappa shape index (κ1) is 12.0. The zero-order valence-electron chi connectivity index (χ0n) is 11.0. The van der Waals surface area contributed by atoms with Crippen molar-refractivity contribution in [3.63, 3.8) is 0 Å². The third-order valence-corrected chi connectivity index (χ3v) is 4.49. The Kier molecular flexibility index (Phi) is 2.28. The van der Waals surface area contributed by atoms with Crippen LogP contribution in [0.4, 0.5) is 11.5 Å². The Morgan fingerprint density at radius 1 is 1.41 bits per heavy atom. The van der Waals surface area contributed by atoms with Gasteiger partial charge in [-0.05, 0) is 10.8 Å². The average Bonchev–Trinajstić information content (AvgIpc) is 2.47. The number of hydrogen-bond donors (Lipinski definition) is 2. The normalized spacial score (nSPS) is 21.2. The quantitative estimate of drug-likeness (QED) is 0.819. The Morgan fingerprint density at radius 2 is 1.94 bits per heavy atom. The lowest BCUT2D eigenvalue weighted by molar-refractivity contribution is -0.118. The second-order valence-corrected chi connectivity index (χ2v) is 5.94. The molecule has 0 bridgehead atoms. The van der Waals surface area contributed by atoms with Crippen molar-refractivity contribution < 1.29 is 4.79 Å². The van der Waals surface area contributed by atoms with Gasteiger partial charge in [-0.2, -0.15) is 5.10 Å². The maximum atomic E-state index is 12.2. The minimum Gasteiger partial charge on any atom is -0.394 e. The van der Waals surface area contributed by atoms with Crippen LogP contribution >= 0.6 is 0 Å². The molecule has 1 fully saturated rings. The zero-order valence-corrected chi connectivity index (χ0v) is 11.0. The van der Waals surface area contributed by atoms with Crippen LogP contribution in [0.5, 0.6) is 0 Å². The molecule has 0 spiro atoms. The fourth-order valence-electron chi connectivity index (χ4n) is 2.65. The summed E-state index contributed by atoms with van der Waals surface area (Å²) in [5.74, 6) is 0.619. The molecule has 1 amide bonds. The maximum Gasteiger partial charge on any atom is 0.229 e. The summed E-state index contributed by atoms with van der Waals surface area (Å²) in [5.41, 5.74) is 6.31. The van der Waals surface area contributed by atoms with E-state index in [2.05, 4.69) is 38.1 Å². The van der Waals surface area contributed by atoms with E-state index in [1.807, 2.05) is 0 Å². The number of aryl methyl sites for hydroxylation is 1. The third-order valence-electron chi connectivity index (χ3n) is 4.49.